The molecule has 1 saturated heterocycles. The third-order valence-corrected chi connectivity index (χ3v) is 4.65. The lowest BCUT2D eigenvalue weighted by Gasteiger charge is -2.26. The largest absolute Gasteiger partial charge is 0.486 e. The van der Waals surface area contributed by atoms with Crippen molar-refractivity contribution < 1.29 is 24.2 Å². The molecule has 1 aromatic carbocycles. The van der Waals surface area contributed by atoms with E-state index >= 15 is 0 Å². The summed E-state index contributed by atoms with van der Waals surface area (Å²) in [5.41, 5.74) is 0.995. The quantitative estimate of drug-likeness (QED) is 0.911. The Morgan fingerprint density at radius 1 is 1.08 bits per heavy atom. The van der Waals surface area contributed by atoms with Crippen molar-refractivity contribution in [3.8, 4) is 11.5 Å². The zero-order valence-corrected chi connectivity index (χ0v) is 14.1. The number of hydrogen-bond acceptors (Lipinski definition) is 5. The summed E-state index contributed by atoms with van der Waals surface area (Å²) in [6.45, 7) is 1.65. The van der Waals surface area contributed by atoms with Crippen LogP contribution in [0.5, 0.6) is 11.5 Å². The Balaban J connectivity index is 1.61. The highest BCUT2D eigenvalue weighted by molar-refractivity contribution is 5.94. The van der Waals surface area contributed by atoms with Crippen LogP contribution in [0.4, 0.5) is 0 Å². The molecular formula is C19H18N2O5. The van der Waals surface area contributed by atoms with Gasteiger partial charge < -0.3 is 19.5 Å². The van der Waals surface area contributed by atoms with Crippen LogP contribution in [0.2, 0.25) is 0 Å². The third-order valence-electron chi connectivity index (χ3n) is 4.65. The number of aromatic nitrogens is 1. The molecule has 0 spiro atoms. The number of carboxylic acid groups (broad SMARTS) is 1. The molecule has 7 nitrogen and oxygen atoms in total. The molecule has 1 amide bonds. The van der Waals surface area contributed by atoms with Gasteiger partial charge in [0.15, 0.2) is 11.5 Å². The monoisotopic (exact) mass is 354 g/mol. The number of rotatable bonds is 3. The van der Waals surface area contributed by atoms with Crippen molar-refractivity contribution in [2.45, 2.75) is 18.9 Å². The molecule has 0 saturated carbocycles. The van der Waals surface area contributed by atoms with Gasteiger partial charge in [-0.05, 0) is 42.7 Å². The molecule has 2 aliphatic rings. The molecule has 1 atom stereocenters. The standard InChI is InChI=1S/C19H18N2O5/c22-18(13-3-1-4-14(20-13)19(23)24)21-8-2-5-15(21)12-6-7-16-17(11-12)26-10-9-25-16/h1,3-4,6-7,11,15H,2,5,8-10H2,(H,23,24). The highest BCUT2D eigenvalue weighted by Gasteiger charge is 2.32. The third kappa shape index (κ3) is 2.96. The Morgan fingerprint density at radius 2 is 1.85 bits per heavy atom. The van der Waals surface area contributed by atoms with Crippen LogP contribution in [0.25, 0.3) is 0 Å². The van der Waals surface area contributed by atoms with Crippen LogP contribution < -0.4 is 9.47 Å². The smallest absolute Gasteiger partial charge is 0.354 e. The predicted molar refractivity (Wildman–Crippen MR) is 91.6 cm³/mol. The first-order chi connectivity index (χ1) is 12.6. The number of carbonyl (C=O) groups excluding carboxylic acids is 1. The van der Waals surface area contributed by atoms with Gasteiger partial charge in [0.25, 0.3) is 5.91 Å². The summed E-state index contributed by atoms with van der Waals surface area (Å²) in [6, 6.07) is 10.1. The van der Waals surface area contributed by atoms with Gasteiger partial charge in [-0.1, -0.05) is 12.1 Å². The van der Waals surface area contributed by atoms with E-state index in [4.69, 9.17) is 14.6 Å². The summed E-state index contributed by atoms with van der Waals surface area (Å²) < 4.78 is 11.2. The second-order valence-corrected chi connectivity index (χ2v) is 6.27. The number of carboxylic acids is 1. The van der Waals surface area contributed by atoms with Crippen LogP contribution in [0, 0.1) is 0 Å². The molecule has 0 bridgehead atoms. The van der Waals surface area contributed by atoms with Crippen molar-refractivity contribution >= 4 is 11.9 Å². The Kier molecular flexibility index (Phi) is 4.20. The first-order valence-electron chi connectivity index (χ1n) is 8.54. The van der Waals surface area contributed by atoms with Crippen LogP contribution in [0.15, 0.2) is 36.4 Å². The van der Waals surface area contributed by atoms with Crippen LogP contribution in [0.1, 0.15) is 45.4 Å². The highest BCUT2D eigenvalue weighted by Crippen LogP contribution is 2.38. The molecule has 1 aromatic heterocycles. The maximum atomic E-state index is 12.9. The molecule has 1 N–H and O–H groups in total. The number of carbonyl (C=O) groups is 2. The summed E-state index contributed by atoms with van der Waals surface area (Å²) in [5.74, 6) is 0.000644. The van der Waals surface area contributed by atoms with Gasteiger partial charge in [-0.15, -0.1) is 0 Å². The SMILES string of the molecule is O=C(O)c1cccc(C(=O)N2CCCC2c2ccc3c(c2)OCCO3)n1. The molecule has 134 valence electrons. The van der Waals surface area contributed by atoms with Crippen molar-refractivity contribution in [1.29, 1.82) is 0 Å². The summed E-state index contributed by atoms with van der Waals surface area (Å²) in [5, 5.41) is 9.09. The van der Waals surface area contributed by atoms with Gasteiger partial charge in [0.05, 0.1) is 6.04 Å². The van der Waals surface area contributed by atoms with E-state index in [1.54, 1.807) is 17.0 Å². The van der Waals surface area contributed by atoms with Crippen LogP contribution >= 0.6 is 0 Å². The maximum absolute atomic E-state index is 12.9. The van der Waals surface area contributed by atoms with Gasteiger partial charge in [0.1, 0.15) is 24.6 Å². The van der Waals surface area contributed by atoms with Gasteiger partial charge in [-0.3, -0.25) is 4.79 Å². The minimum Gasteiger partial charge on any atom is -0.486 e. The number of nitrogens with zero attached hydrogens (tertiary/aromatic N) is 2. The lowest BCUT2D eigenvalue weighted by Crippen LogP contribution is -2.31. The van der Waals surface area contributed by atoms with E-state index in [9.17, 15) is 9.59 Å². The molecular weight excluding hydrogens is 336 g/mol. The Morgan fingerprint density at radius 3 is 2.65 bits per heavy atom. The van der Waals surface area contributed by atoms with Crippen LogP contribution in [-0.2, 0) is 0 Å². The van der Waals surface area contributed by atoms with Crippen LogP contribution in [0.3, 0.4) is 0 Å². The van der Waals surface area contributed by atoms with Crippen molar-refractivity contribution in [3.05, 3.63) is 53.3 Å². The zero-order chi connectivity index (χ0) is 18.1. The van der Waals surface area contributed by atoms with Crippen molar-refractivity contribution in [3.63, 3.8) is 0 Å². The van der Waals surface area contributed by atoms with E-state index in [2.05, 4.69) is 4.98 Å². The van der Waals surface area contributed by atoms with Gasteiger partial charge in [0.2, 0.25) is 0 Å². The molecule has 3 heterocycles. The topological polar surface area (TPSA) is 89.0 Å². The van der Waals surface area contributed by atoms with Crippen molar-refractivity contribution in [2.24, 2.45) is 0 Å². The second-order valence-electron chi connectivity index (χ2n) is 6.27. The summed E-state index contributed by atoms with van der Waals surface area (Å²) in [6.07, 6.45) is 1.72. The molecule has 7 heteroatoms. The Labute approximate surface area is 150 Å². The number of benzene rings is 1. The van der Waals surface area contributed by atoms with E-state index in [0.717, 1.165) is 18.4 Å². The van der Waals surface area contributed by atoms with Crippen molar-refractivity contribution in [2.75, 3.05) is 19.8 Å². The highest BCUT2D eigenvalue weighted by atomic mass is 16.6. The zero-order valence-electron chi connectivity index (χ0n) is 14.1. The van der Waals surface area contributed by atoms with E-state index in [1.165, 1.54) is 6.07 Å². The minimum absolute atomic E-state index is 0.0892. The first kappa shape index (κ1) is 16.4. The van der Waals surface area contributed by atoms with Gasteiger partial charge in [-0.2, -0.15) is 0 Å². The molecule has 26 heavy (non-hydrogen) atoms. The minimum atomic E-state index is -1.15. The lowest BCUT2D eigenvalue weighted by molar-refractivity contribution is 0.0689. The second kappa shape index (κ2) is 6.67. The van der Waals surface area contributed by atoms with E-state index in [0.29, 0.717) is 31.3 Å². The molecule has 0 aliphatic carbocycles. The number of ether oxygens (including phenoxy) is 2. The normalized spacial score (nSPS) is 18.6. The Hall–Kier alpha value is -3.09. The molecule has 0 radical (unpaired) electrons. The molecule has 2 aliphatic heterocycles. The van der Waals surface area contributed by atoms with Crippen LogP contribution in [-0.4, -0.2) is 46.6 Å². The van der Waals surface area contributed by atoms with Crippen molar-refractivity contribution in [1.82, 2.24) is 9.88 Å². The summed E-state index contributed by atoms with van der Waals surface area (Å²) >= 11 is 0. The summed E-state index contributed by atoms with van der Waals surface area (Å²) in [7, 11) is 0. The molecule has 1 fully saturated rings. The lowest BCUT2D eigenvalue weighted by atomic mass is 10.0. The number of likely N-dealkylation sites (tertiary alicyclic amines) is 1. The van der Waals surface area contributed by atoms with Gasteiger partial charge >= 0.3 is 5.97 Å². The van der Waals surface area contributed by atoms with Gasteiger partial charge in [0, 0.05) is 6.54 Å². The molecule has 1 unspecified atom stereocenters. The van der Waals surface area contributed by atoms with E-state index in [-0.39, 0.29) is 23.3 Å². The Bertz CT molecular complexity index is 867. The maximum Gasteiger partial charge on any atom is 0.354 e. The first-order valence-corrected chi connectivity index (χ1v) is 8.54. The number of pyridine rings is 1. The number of aromatic carboxylic acids is 1. The number of fused-ring (bicyclic) bond motifs is 1. The predicted octanol–water partition coefficient (Wildman–Crippen LogP) is 2.53. The average molecular weight is 354 g/mol. The van der Waals surface area contributed by atoms with E-state index < -0.39 is 5.97 Å². The van der Waals surface area contributed by atoms with Gasteiger partial charge in [-0.25, -0.2) is 9.78 Å². The number of hydrogen-bond donors (Lipinski definition) is 1. The molecule has 4 rings (SSSR count). The number of amides is 1. The average Bonchev–Trinajstić information content (AvgIpc) is 3.17. The summed E-state index contributed by atoms with van der Waals surface area (Å²) in [4.78, 5) is 29.7. The fourth-order valence-electron chi connectivity index (χ4n) is 3.44. The fourth-order valence-corrected chi connectivity index (χ4v) is 3.44. The molecule has 2 aromatic rings. The van der Waals surface area contributed by atoms with E-state index in [1.807, 2.05) is 18.2 Å². The fraction of sp³-hybridized carbons (Fsp3) is 0.316.